The van der Waals surface area contributed by atoms with Gasteiger partial charge in [-0.15, -0.1) is 0 Å². The number of carbonyl (C=O) groups excluding carboxylic acids is 1. The van der Waals surface area contributed by atoms with Crippen molar-refractivity contribution < 1.29 is 23.5 Å². The van der Waals surface area contributed by atoms with E-state index in [1.165, 1.54) is 6.92 Å². The second-order valence-electron chi connectivity index (χ2n) is 4.03. The third kappa shape index (κ3) is 4.90. The van der Waals surface area contributed by atoms with Crippen molar-refractivity contribution in [3.8, 4) is 0 Å². The van der Waals surface area contributed by atoms with Gasteiger partial charge in [-0.2, -0.15) is 0 Å². The minimum atomic E-state index is -0.952. The van der Waals surface area contributed by atoms with Gasteiger partial charge in [-0.1, -0.05) is 6.92 Å². The molecule has 0 heterocycles. The highest BCUT2D eigenvalue weighted by Gasteiger charge is 2.11. The van der Waals surface area contributed by atoms with Gasteiger partial charge in [0.15, 0.2) is 0 Å². The van der Waals surface area contributed by atoms with Crippen LogP contribution in [0.1, 0.15) is 13.3 Å². The Morgan fingerprint density at radius 2 is 2.05 bits per heavy atom. The molecule has 1 aromatic carbocycles. The lowest BCUT2D eigenvalue weighted by molar-refractivity contribution is -0.141. The molecule has 2 amide bonds. The molecular formula is C12H14F2N2O3. The summed E-state index contributed by atoms with van der Waals surface area (Å²) in [7, 11) is 0. The van der Waals surface area contributed by atoms with Crippen molar-refractivity contribution in [1.29, 1.82) is 0 Å². The lowest BCUT2D eigenvalue weighted by atomic mass is 10.1. The van der Waals surface area contributed by atoms with Crippen molar-refractivity contribution in [3.05, 3.63) is 29.8 Å². The molecule has 104 valence electrons. The number of benzene rings is 1. The molecule has 0 saturated heterocycles. The van der Waals surface area contributed by atoms with E-state index in [-0.39, 0.29) is 18.7 Å². The number of anilines is 1. The van der Waals surface area contributed by atoms with Crippen molar-refractivity contribution in [1.82, 2.24) is 5.32 Å². The van der Waals surface area contributed by atoms with Gasteiger partial charge >= 0.3 is 12.0 Å². The summed E-state index contributed by atoms with van der Waals surface area (Å²) in [5.41, 5.74) is -0.148. The Morgan fingerprint density at radius 1 is 1.37 bits per heavy atom. The van der Waals surface area contributed by atoms with E-state index in [1.807, 2.05) is 0 Å². The van der Waals surface area contributed by atoms with Crippen LogP contribution in [0.3, 0.4) is 0 Å². The zero-order valence-electron chi connectivity index (χ0n) is 10.2. The highest BCUT2D eigenvalue weighted by Crippen LogP contribution is 2.14. The number of rotatable bonds is 5. The monoisotopic (exact) mass is 272 g/mol. The fourth-order valence-corrected chi connectivity index (χ4v) is 1.28. The predicted octanol–water partition coefficient (Wildman–Crippen LogP) is 2.20. The summed E-state index contributed by atoms with van der Waals surface area (Å²) in [6.45, 7) is 1.66. The molecule has 0 saturated carbocycles. The molecule has 0 aromatic heterocycles. The van der Waals surface area contributed by atoms with Gasteiger partial charge in [0.2, 0.25) is 0 Å². The van der Waals surface area contributed by atoms with Crippen LogP contribution < -0.4 is 10.6 Å². The first kappa shape index (κ1) is 14.9. The predicted molar refractivity (Wildman–Crippen MR) is 64.8 cm³/mol. The molecule has 1 aromatic rings. The molecule has 0 fully saturated rings. The lowest BCUT2D eigenvalue weighted by Gasteiger charge is -2.09. The minimum Gasteiger partial charge on any atom is -0.481 e. The van der Waals surface area contributed by atoms with E-state index in [4.69, 9.17) is 5.11 Å². The second kappa shape index (κ2) is 6.67. The summed E-state index contributed by atoms with van der Waals surface area (Å²) in [5, 5.41) is 13.2. The van der Waals surface area contributed by atoms with E-state index in [9.17, 15) is 18.4 Å². The lowest BCUT2D eigenvalue weighted by Crippen LogP contribution is -2.31. The number of aliphatic carboxylic acids is 1. The number of carboxylic acid groups (broad SMARTS) is 1. The first-order chi connectivity index (χ1) is 8.90. The van der Waals surface area contributed by atoms with Crippen LogP contribution in [0, 0.1) is 17.6 Å². The standard InChI is InChI=1S/C12H14F2N2O3/c1-7(11(17)18)4-5-15-12(19)16-10-3-2-8(13)6-9(10)14/h2-3,6-7H,4-5H2,1H3,(H,17,18)(H2,15,16,19). The molecule has 0 aliphatic carbocycles. The molecule has 0 aliphatic heterocycles. The molecular weight excluding hydrogens is 258 g/mol. The molecule has 0 radical (unpaired) electrons. The Hall–Kier alpha value is -2.18. The van der Waals surface area contributed by atoms with Gasteiger partial charge < -0.3 is 15.7 Å². The topological polar surface area (TPSA) is 78.4 Å². The number of carboxylic acids is 1. The van der Waals surface area contributed by atoms with Crippen LogP contribution in [0.4, 0.5) is 19.3 Å². The quantitative estimate of drug-likeness (QED) is 0.768. The van der Waals surface area contributed by atoms with Gasteiger partial charge in [0.05, 0.1) is 11.6 Å². The van der Waals surface area contributed by atoms with Gasteiger partial charge in [-0.3, -0.25) is 4.79 Å². The van der Waals surface area contributed by atoms with Crippen molar-refractivity contribution >= 4 is 17.7 Å². The number of nitrogens with one attached hydrogen (secondary N) is 2. The number of halogens is 2. The van der Waals surface area contributed by atoms with Crippen LogP contribution in [-0.4, -0.2) is 23.7 Å². The largest absolute Gasteiger partial charge is 0.481 e. The van der Waals surface area contributed by atoms with Crippen LogP contribution in [-0.2, 0) is 4.79 Å². The Morgan fingerprint density at radius 3 is 2.63 bits per heavy atom. The number of hydrogen-bond donors (Lipinski definition) is 3. The number of hydrogen-bond acceptors (Lipinski definition) is 2. The Bertz CT molecular complexity index is 480. The number of amides is 2. The SMILES string of the molecule is CC(CCNC(=O)Nc1ccc(F)cc1F)C(=O)O. The molecule has 0 aliphatic rings. The van der Waals surface area contributed by atoms with Crippen LogP contribution in [0.2, 0.25) is 0 Å². The molecule has 1 unspecified atom stereocenters. The van der Waals surface area contributed by atoms with Gasteiger partial charge in [0, 0.05) is 12.6 Å². The number of carbonyl (C=O) groups is 2. The van der Waals surface area contributed by atoms with Crippen LogP contribution in [0.25, 0.3) is 0 Å². The molecule has 1 atom stereocenters. The van der Waals surface area contributed by atoms with Crippen LogP contribution >= 0.6 is 0 Å². The van der Waals surface area contributed by atoms with Gasteiger partial charge in [-0.25, -0.2) is 13.6 Å². The molecule has 1 rings (SSSR count). The molecule has 3 N–H and O–H groups in total. The van der Waals surface area contributed by atoms with E-state index in [1.54, 1.807) is 0 Å². The van der Waals surface area contributed by atoms with E-state index in [0.717, 1.165) is 12.1 Å². The zero-order valence-corrected chi connectivity index (χ0v) is 10.2. The average molecular weight is 272 g/mol. The summed E-state index contributed by atoms with van der Waals surface area (Å²) in [5.74, 6) is -3.15. The van der Waals surface area contributed by atoms with Crippen LogP contribution in [0.5, 0.6) is 0 Å². The third-order valence-electron chi connectivity index (χ3n) is 2.46. The summed E-state index contributed by atoms with van der Waals surface area (Å²) in [6.07, 6.45) is 0.259. The smallest absolute Gasteiger partial charge is 0.319 e. The van der Waals surface area contributed by atoms with E-state index in [0.29, 0.717) is 6.07 Å². The fraction of sp³-hybridized carbons (Fsp3) is 0.333. The maximum Gasteiger partial charge on any atom is 0.319 e. The summed E-state index contributed by atoms with van der Waals surface area (Å²) < 4.78 is 25.8. The maximum atomic E-state index is 13.2. The third-order valence-corrected chi connectivity index (χ3v) is 2.46. The molecule has 19 heavy (non-hydrogen) atoms. The molecule has 7 heteroatoms. The van der Waals surface area contributed by atoms with Crippen molar-refractivity contribution in [3.63, 3.8) is 0 Å². The van der Waals surface area contributed by atoms with E-state index < -0.39 is 29.6 Å². The van der Waals surface area contributed by atoms with Crippen LogP contribution in [0.15, 0.2) is 18.2 Å². The normalized spacial score (nSPS) is 11.7. The Labute approximate surface area is 108 Å². The number of urea groups is 1. The molecule has 0 spiro atoms. The summed E-state index contributed by atoms with van der Waals surface area (Å²) in [4.78, 5) is 21.9. The minimum absolute atomic E-state index is 0.141. The summed E-state index contributed by atoms with van der Waals surface area (Å²) >= 11 is 0. The van der Waals surface area contributed by atoms with Gasteiger partial charge in [0.25, 0.3) is 0 Å². The second-order valence-corrected chi connectivity index (χ2v) is 4.03. The van der Waals surface area contributed by atoms with Crippen molar-refractivity contribution in [2.45, 2.75) is 13.3 Å². The van der Waals surface area contributed by atoms with Gasteiger partial charge in [0.1, 0.15) is 11.6 Å². The van der Waals surface area contributed by atoms with Crippen molar-refractivity contribution in [2.24, 2.45) is 5.92 Å². The highest BCUT2D eigenvalue weighted by atomic mass is 19.1. The van der Waals surface area contributed by atoms with Crippen molar-refractivity contribution in [2.75, 3.05) is 11.9 Å². The fourth-order valence-electron chi connectivity index (χ4n) is 1.28. The van der Waals surface area contributed by atoms with E-state index in [2.05, 4.69) is 10.6 Å². The van der Waals surface area contributed by atoms with Gasteiger partial charge in [-0.05, 0) is 18.6 Å². The van der Waals surface area contributed by atoms with E-state index >= 15 is 0 Å². The molecule has 0 bridgehead atoms. The first-order valence-electron chi connectivity index (χ1n) is 5.63. The Balaban J connectivity index is 2.41. The zero-order chi connectivity index (χ0) is 14.4. The average Bonchev–Trinajstić information content (AvgIpc) is 2.32. The Kier molecular flexibility index (Phi) is 5.23. The highest BCUT2D eigenvalue weighted by molar-refractivity contribution is 5.89. The first-order valence-corrected chi connectivity index (χ1v) is 5.63. The molecule has 5 nitrogen and oxygen atoms in total. The maximum absolute atomic E-state index is 13.2. The summed E-state index contributed by atoms with van der Waals surface area (Å²) in [6, 6.07) is 2.10.